The van der Waals surface area contributed by atoms with E-state index in [9.17, 15) is 0 Å². The maximum atomic E-state index is 6.34. The molecule has 1 aliphatic heterocycles. The summed E-state index contributed by atoms with van der Waals surface area (Å²) in [7, 11) is -0.325. The molecule has 0 amide bonds. The van der Waals surface area contributed by atoms with Crippen LogP contribution >= 0.6 is 0 Å². The Morgan fingerprint density at radius 1 is 0.917 bits per heavy atom. The molecule has 0 radical (unpaired) electrons. The summed E-state index contributed by atoms with van der Waals surface area (Å²) in [6, 6.07) is 18.7. The number of aryl methyl sites for hydroxylation is 1. The fourth-order valence-electron chi connectivity index (χ4n) is 3.10. The lowest BCUT2D eigenvalue weighted by Gasteiger charge is -2.37. The molecular weight excluding hydrogens is 295 g/mol. The topological polar surface area (TPSA) is 18.5 Å². The predicted molar refractivity (Wildman–Crippen MR) is 101 cm³/mol. The number of hydrogen-bond donors (Lipinski definition) is 0. The van der Waals surface area contributed by atoms with Gasteiger partial charge in [-0.15, -0.1) is 0 Å². The lowest BCUT2D eigenvalue weighted by molar-refractivity contribution is -0.00886. The number of benzene rings is 2. The zero-order valence-electron chi connectivity index (χ0n) is 15.0. The van der Waals surface area contributed by atoms with Gasteiger partial charge in [-0.25, -0.2) is 0 Å². The second-order valence-corrected chi connectivity index (χ2v) is 7.22. The first kappa shape index (κ1) is 17.0. The average Bonchev–Trinajstić information content (AvgIpc) is 2.78. The van der Waals surface area contributed by atoms with E-state index < -0.39 is 0 Å². The minimum Gasteiger partial charge on any atom is -0.400 e. The first-order chi connectivity index (χ1) is 11.4. The minimum atomic E-state index is -0.370. The Kier molecular flexibility index (Phi) is 4.66. The maximum Gasteiger partial charge on any atom is 0.487 e. The molecule has 1 aliphatic rings. The lowest BCUT2D eigenvalue weighted by Crippen LogP contribution is -2.46. The van der Waals surface area contributed by atoms with Gasteiger partial charge in [0.25, 0.3) is 0 Å². The van der Waals surface area contributed by atoms with Gasteiger partial charge in [0.15, 0.2) is 0 Å². The van der Waals surface area contributed by atoms with Crippen LogP contribution in [0.5, 0.6) is 0 Å². The molecule has 2 nitrogen and oxygen atoms in total. The highest BCUT2D eigenvalue weighted by Gasteiger charge is 2.53. The molecule has 1 atom stereocenters. The van der Waals surface area contributed by atoms with Crippen molar-refractivity contribution in [2.75, 3.05) is 0 Å². The third-order valence-electron chi connectivity index (χ3n) is 5.10. The zero-order valence-corrected chi connectivity index (χ0v) is 15.0. The van der Waals surface area contributed by atoms with E-state index in [1.807, 2.05) is 24.2 Å². The Balaban J connectivity index is 1.77. The SMILES string of the molecule is Cc1ccccc1CC1(C)OB(C=Cc2ccccc2)OC1(C)C. The van der Waals surface area contributed by atoms with Crippen molar-refractivity contribution in [2.24, 2.45) is 0 Å². The van der Waals surface area contributed by atoms with E-state index in [-0.39, 0.29) is 18.3 Å². The summed E-state index contributed by atoms with van der Waals surface area (Å²) < 4.78 is 12.5. The molecule has 0 aromatic heterocycles. The Morgan fingerprint density at radius 2 is 1.58 bits per heavy atom. The summed E-state index contributed by atoms with van der Waals surface area (Å²) in [5, 5.41) is 0. The average molecular weight is 320 g/mol. The van der Waals surface area contributed by atoms with Gasteiger partial charge in [0.1, 0.15) is 0 Å². The lowest BCUT2D eigenvalue weighted by atomic mass is 9.81. The van der Waals surface area contributed by atoms with Crippen LogP contribution in [0.2, 0.25) is 0 Å². The van der Waals surface area contributed by atoms with Crippen molar-refractivity contribution in [3.63, 3.8) is 0 Å². The van der Waals surface area contributed by atoms with Crippen molar-refractivity contribution in [3.05, 3.63) is 77.3 Å². The first-order valence-electron chi connectivity index (χ1n) is 8.53. The first-order valence-corrected chi connectivity index (χ1v) is 8.53. The molecule has 0 bridgehead atoms. The molecule has 0 aliphatic carbocycles. The maximum absolute atomic E-state index is 6.34. The highest BCUT2D eigenvalue weighted by molar-refractivity contribution is 6.52. The van der Waals surface area contributed by atoms with Gasteiger partial charge in [0.05, 0.1) is 11.2 Å². The summed E-state index contributed by atoms with van der Waals surface area (Å²) in [6.45, 7) is 8.52. The van der Waals surface area contributed by atoms with Crippen LogP contribution in [0.15, 0.2) is 60.6 Å². The van der Waals surface area contributed by atoms with Gasteiger partial charge in [0, 0.05) is 6.42 Å². The molecule has 2 aromatic rings. The van der Waals surface area contributed by atoms with E-state index in [0.717, 1.165) is 12.0 Å². The van der Waals surface area contributed by atoms with Gasteiger partial charge in [-0.2, -0.15) is 0 Å². The van der Waals surface area contributed by atoms with Crippen LogP contribution in [-0.2, 0) is 15.7 Å². The van der Waals surface area contributed by atoms with Crippen molar-refractivity contribution in [3.8, 4) is 0 Å². The molecule has 0 saturated carbocycles. The van der Waals surface area contributed by atoms with Crippen LogP contribution in [0.1, 0.15) is 37.5 Å². The van der Waals surface area contributed by atoms with E-state index in [0.29, 0.717) is 0 Å². The summed E-state index contributed by atoms with van der Waals surface area (Å²) in [4.78, 5) is 0. The molecule has 124 valence electrons. The summed E-state index contributed by atoms with van der Waals surface area (Å²) >= 11 is 0. The molecule has 2 aromatic carbocycles. The highest BCUT2D eigenvalue weighted by Crippen LogP contribution is 2.40. The number of rotatable bonds is 4. The standard InChI is InChI=1S/C21H25BO2/c1-17-10-8-9-13-19(17)16-21(4)20(2,3)23-22(24-21)15-14-18-11-6-5-7-12-18/h5-15H,16H2,1-4H3. The molecule has 1 fully saturated rings. The quantitative estimate of drug-likeness (QED) is 0.749. The van der Waals surface area contributed by atoms with Crippen LogP contribution in [0, 0.1) is 6.92 Å². The summed E-state index contributed by atoms with van der Waals surface area (Å²) in [5.41, 5.74) is 3.02. The molecule has 0 N–H and O–H groups in total. The third kappa shape index (κ3) is 3.48. The van der Waals surface area contributed by atoms with Gasteiger partial charge in [-0.1, -0.05) is 66.6 Å². The molecule has 1 unspecified atom stereocenters. The Bertz CT molecular complexity index is 724. The van der Waals surface area contributed by atoms with Gasteiger partial charge in [0.2, 0.25) is 0 Å². The Labute approximate surface area is 145 Å². The van der Waals surface area contributed by atoms with Crippen molar-refractivity contribution < 1.29 is 9.31 Å². The van der Waals surface area contributed by atoms with E-state index in [2.05, 4.69) is 70.2 Å². The van der Waals surface area contributed by atoms with E-state index in [1.165, 1.54) is 11.1 Å². The Morgan fingerprint density at radius 3 is 2.29 bits per heavy atom. The van der Waals surface area contributed by atoms with Crippen molar-refractivity contribution in [2.45, 2.75) is 45.3 Å². The van der Waals surface area contributed by atoms with Gasteiger partial charge in [-0.3, -0.25) is 0 Å². The van der Waals surface area contributed by atoms with E-state index in [1.54, 1.807) is 0 Å². The molecule has 1 saturated heterocycles. The van der Waals surface area contributed by atoms with Crippen LogP contribution in [0.3, 0.4) is 0 Å². The zero-order chi connectivity index (χ0) is 17.2. The van der Waals surface area contributed by atoms with Crippen LogP contribution < -0.4 is 0 Å². The molecule has 3 rings (SSSR count). The molecule has 24 heavy (non-hydrogen) atoms. The van der Waals surface area contributed by atoms with Crippen molar-refractivity contribution in [1.29, 1.82) is 0 Å². The fourth-order valence-corrected chi connectivity index (χ4v) is 3.10. The smallest absolute Gasteiger partial charge is 0.400 e. The van der Waals surface area contributed by atoms with E-state index >= 15 is 0 Å². The van der Waals surface area contributed by atoms with Crippen LogP contribution in [-0.4, -0.2) is 18.3 Å². The van der Waals surface area contributed by atoms with Gasteiger partial charge >= 0.3 is 7.12 Å². The van der Waals surface area contributed by atoms with Crippen molar-refractivity contribution >= 4 is 13.2 Å². The van der Waals surface area contributed by atoms with E-state index in [4.69, 9.17) is 9.31 Å². The third-order valence-corrected chi connectivity index (χ3v) is 5.10. The fraction of sp³-hybridized carbons (Fsp3) is 0.333. The Hall–Kier alpha value is -1.84. The monoisotopic (exact) mass is 320 g/mol. The van der Waals surface area contributed by atoms with Crippen LogP contribution in [0.25, 0.3) is 6.08 Å². The normalized spacial score (nSPS) is 23.1. The highest BCUT2D eigenvalue weighted by atomic mass is 16.7. The minimum absolute atomic E-state index is 0.325. The summed E-state index contributed by atoms with van der Waals surface area (Å²) in [5.74, 6) is 2.00. The van der Waals surface area contributed by atoms with Gasteiger partial charge in [-0.05, 0) is 44.4 Å². The molecule has 0 spiro atoms. The molecule has 1 heterocycles. The molecular formula is C21H25BO2. The summed E-state index contributed by atoms with van der Waals surface area (Å²) in [6.07, 6.45) is 2.89. The predicted octanol–water partition coefficient (Wildman–Crippen LogP) is 4.86. The molecule has 3 heteroatoms. The number of hydrogen-bond acceptors (Lipinski definition) is 2. The second kappa shape index (κ2) is 6.58. The van der Waals surface area contributed by atoms with Gasteiger partial charge < -0.3 is 9.31 Å². The van der Waals surface area contributed by atoms with Crippen LogP contribution in [0.4, 0.5) is 0 Å². The van der Waals surface area contributed by atoms with Crippen molar-refractivity contribution in [1.82, 2.24) is 0 Å². The second-order valence-electron chi connectivity index (χ2n) is 7.22. The largest absolute Gasteiger partial charge is 0.487 e.